The third-order valence-electron chi connectivity index (χ3n) is 3.57. The van der Waals surface area contributed by atoms with E-state index < -0.39 is 72.3 Å². The fourth-order valence-electron chi connectivity index (χ4n) is 2.66. The highest BCUT2D eigenvalue weighted by Gasteiger charge is 2.48. The average Bonchev–Trinajstić information content (AvgIpc) is 2.64. The second kappa shape index (κ2) is 15.1. The first-order chi connectivity index (χ1) is 15.3. The zero-order valence-electron chi connectivity index (χ0n) is 19.6. The smallest absolute Gasteiger partial charge is 0.303 e. The number of carbonyl (C=O) groups excluding carboxylic acids is 6. The van der Waals surface area contributed by atoms with Gasteiger partial charge in [-0.05, 0) is 5.75 Å². The van der Waals surface area contributed by atoms with Crippen LogP contribution in [0.1, 0.15) is 48.5 Å². The van der Waals surface area contributed by atoms with E-state index in [1.54, 1.807) is 6.92 Å². The molecule has 0 spiro atoms. The second-order valence-electron chi connectivity index (χ2n) is 6.61. The molecule has 12 nitrogen and oxygen atoms in total. The van der Waals surface area contributed by atoms with Crippen molar-refractivity contribution in [1.82, 2.24) is 0 Å². The third-order valence-corrected chi connectivity index (χ3v) is 4.60. The molecule has 0 aliphatic carbocycles. The number of carbonyl (C=O) groups is 6. The lowest BCUT2D eigenvalue weighted by atomic mass is 10.0. The SMILES string of the molecule is CCS[C@H](OC(C)=O)[C@@H](OC(C)=O)[C@H](OC(C)=O)[C@H](OC(C)=O)[C@H](COC(C)=O)OC(C)=O. The van der Waals surface area contributed by atoms with Gasteiger partial charge in [-0.3, -0.25) is 28.8 Å². The number of rotatable bonds is 13. The molecule has 5 atom stereocenters. The quantitative estimate of drug-likeness (QED) is 0.202. The van der Waals surface area contributed by atoms with Gasteiger partial charge in [0, 0.05) is 41.5 Å². The lowest BCUT2D eigenvalue weighted by Gasteiger charge is -2.37. The molecule has 0 aromatic heterocycles. The first-order valence-electron chi connectivity index (χ1n) is 9.89. The van der Waals surface area contributed by atoms with Crippen LogP contribution in [0, 0.1) is 0 Å². The number of ether oxygens (including phenoxy) is 6. The van der Waals surface area contributed by atoms with Gasteiger partial charge in [0.1, 0.15) is 6.61 Å². The molecule has 0 unspecified atom stereocenters. The van der Waals surface area contributed by atoms with Crippen LogP contribution in [0.3, 0.4) is 0 Å². The van der Waals surface area contributed by atoms with Gasteiger partial charge in [0.2, 0.25) is 0 Å². The Morgan fingerprint density at radius 3 is 1.39 bits per heavy atom. The number of thioether (sulfide) groups is 1. The van der Waals surface area contributed by atoms with E-state index in [0.717, 1.165) is 53.3 Å². The summed E-state index contributed by atoms with van der Waals surface area (Å²) in [5, 5.41) is 0. The van der Waals surface area contributed by atoms with E-state index in [-0.39, 0.29) is 0 Å². The van der Waals surface area contributed by atoms with Crippen LogP contribution in [0.2, 0.25) is 0 Å². The van der Waals surface area contributed by atoms with Gasteiger partial charge in [0.25, 0.3) is 0 Å². The lowest BCUT2D eigenvalue weighted by Crippen LogP contribution is -2.56. The van der Waals surface area contributed by atoms with Crippen molar-refractivity contribution in [3.05, 3.63) is 0 Å². The monoisotopic (exact) mass is 494 g/mol. The first kappa shape index (κ1) is 30.2. The highest BCUT2D eigenvalue weighted by Crippen LogP contribution is 2.28. The van der Waals surface area contributed by atoms with E-state index in [1.807, 2.05) is 0 Å². The van der Waals surface area contributed by atoms with Crippen LogP contribution >= 0.6 is 11.8 Å². The molecule has 0 aliphatic rings. The van der Waals surface area contributed by atoms with Crippen molar-refractivity contribution in [2.75, 3.05) is 12.4 Å². The van der Waals surface area contributed by atoms with Gasteiger partial charge in [-0.15, -0.1) is 11.8 Å². The number of hydrogen-bond donors (Lipinski definition) is 0. The molecule has 0 aliphatic heterocycles. The van der Waals surface area contributed by atoms with Gasteiger partial charge < -0.3 is 28.4 Å². The summed E-state index contributed by atoms with van der Waals surface area (Å²) in [5.41, 5.74) is -1.19. The summed E-state index contributed by atoms with van der Waals surface area (Å²) in [6.45, 7) is 7.61. The zero-order valence-corrected chi connectivity index (χ0v) is 20.4. The van der Waals surface area contributed by atoms with Crippen LogP contribution in [0.15, 0.2) is 0 Å². The molecule has 0 N–H and O–H groups in total. The van der Waals surface area contributed by atoms with E-state index >= 15 is 0 Å². The zero-order chi connectivity index (χ0) is 25.7. The van der Waals surface area contributed by atoms with Gasteiger partial charge in [-0.2, -0.15) is 0 Å². The Balaban J connectivity index is 6.63. The average molecular weight is 495 g/mol. The Bertz CT molecular complexity index is 722. The van der Waals surface area contributed by atoms with Gasteiger partial charge >= 0.3 is 35.8 Å². The van der Waals surface area contributed by atoms with E-state index in [9.17, 15) is 28.8 Å². The highest BCUT2D eigenvalue weighted by atomic mass is 32.2. The van der Waals surface area contributed by atoms with Gasteiger partial charge in [0.05, 0.1) is 0 Å². The number of esters is 6. The van der Waals surface area contributed by atoms with Crippen LogP contribution in [-0.4, -0.2) is 78.0 Å². The maximum absolute atomic E-state index is 11.9. The van der Waals surface area contributed by atoms with Crippen LogP contribution in [-0.2, 0) is 57.2 Å². The van der Waals surface area contributed by atoms with Gasteiger partial charge in [-0.25, -0.2) is 0 Å². The van der Waals surface area contributed by atoms with Crippen molar-refractivity contribution in [3.63, 3.8) is 0 Å². The molecule has 0 saturated carbocycles. The van der Waals surface area contributed by atoms with Crippen LogP contribution in [0.25, 0.3) is 0 Å². The summed E-state index contributed by atoms with van der Waals surface area (Å²) >= 11 is 1.05. The minimum Gasteiger partial charge on any atom is -0.462 e. The molecule has 0 radical (unpaired) electrons. The molecule has 0 aromatic rings. The summed E-state index contributed by atoms with van der Waals surface area (Å²) in [6, 6.07) is 0. The fraction of sp³-hybridized carbons (Fsp3) is 0.700. The topological polar surface area (TPSA) is 158 Å². The molecule has 0 heterocycles. The molecule has 13 heteroatoms. The number of hydrogen-bond acceptors (Lipinski definition) is 13. The predicted molar refractivity (Wildman–Crippen MR) is 113 cm³/mol. The molecule has 0 bridgehead atoms. The van der Waals surface area contributed by atoms with E-state index in [1.165, 1.54) is 0 Å². The van der Waals surface area contributed by atoms with Crippen LogP contribution in [0.5, 0.6) is 0 Å². The predicted octanol–water partition coefficient (Wildman–Crippen LogP) is 0.919. The Kier molecular flexibility index (Phi) is 13.8. The largest absolute Gasteiger partial charge is 0.462 e. The van der Waals surface area contributed by atoms with Crippen LogP contribution in [0.4, 0.5) is 0 Å². The Morgan fingerprint density at radius 1 is 0.576 bits per heavy atom. The standard InChI is InChI=1S/C20H30O12S/c1-8-33-20(32-15(7)26)19(31-14(6)25)18(30-13(5)24)17(29-12(4)23)16(28-11(3)22)9-27-10(2)21/h16-20H,8-9H2,1-7H3/t16-,17+,18+,19-,20-/m0/s1. The maximum atomic E-state index is 11.9. The molecule has 0 saturated heterocycles. The summed E-state index contributed by atoms with van der Waals surface area (Å²) in [7, 11) is 0. The Hall–Kier alpha value is -2.83. The van der Waals surface area contributed by atoms with Crippen molar-refractivity contribution in [3.8, 4) is 0 Å². The van der Waals surface area contributed by atoms with Gasteiger partial charge in [0.15, 0.2) is 29.9 Å². The minimum absolute atomic E-state index is 0.390. The molecule has 188 valence electrons. The highest BCUT2D eigenvalue weighted by molar-refractivity contribution is 7.99. The molecule has 0 aromatic carbocycles. The molecule has 33 heavy (non-hydrogen) atoms. The summed E-state index contributed by atoms with van der Waals surface area (Å²) in [4.78, 5) is 70.4. The van der Waals surface area contributed by atoms with Crippen molar-refractivity contribution in [1.29, 1.82) is 0 Å². The summed E-state index contributed by atoms with van der Waals surface area (Å²) in [5.74, 6) is -4.45. The summed E-state index contributed by atoms with van der Waals surface area (Å²) in [6.07, 6.45) is -6.16. The molecule has 0 amide bonds. The first-order valence-corrected chi connectivity index (χ1v) is 10.9. The minimum atomic E-state index is -1.61. The van der Waals surface area contributed by atoms with E-state index in [4.69, 9.17) is 28.4 Å². The molecular weight excluding hydrogens is 464 g/mol. The van der Waals surface area contributed by atoms with Crippen molar-refractivity contribution >= 4 is 47.6 Å². The van der Waals surface area contributed by atoms with Crippen molar-refractivity contribution in [2.45, 2.75) is 78.3 Å². The van der Waals surface area contributed by atoms with E-state index in [2.05, 4.69) is 0 Å². The van der Waals surface area contributed by atoms with Crippen molar-refractivity contribution < 1.29 is 57.2 Å². The van der Waals surface area contributed by atoms with Crippen molar-refractivity contribution in [2.24, 2.45) is 0 Å². The second-order valence-corrected chi connectivity index (χ2v) is 7.98. The summed E-state index contributed by atoms with van der Waals surface area (Å²) < 4.78 is 31.2. The normalized spacial score (nSPS) is 15.0. The van der Waals surface area contributed by atoms with Crippen LogP contribution < -0.4 is 0 Å². The maximum Gasteiger partial charge on any atom is 0.303 e. The third kappa shape index (κ3) is 12.7. The fourth-order valence-corrected chi connectivity index (χ4v) is 3.59. The lowest BCUT2D eigenvalue weighted by molar-refractivity contribution is -0.208. The Labute approximate surface area is 195 Å². The molecular formula is C20H30O12S. The molecule has 0 rings (SSSR count). The molecule has 0 fully saturated rings. The van der Waals surface area contributed by atoms with Gasteiger partial charge in [-0.1, -0.05) is 6.92 Å². The Morgan fingerprint density at radius 2 is 1.00 bits per heavy atom. The van der Waals surface area contributed by atoms with E-state index in [0.29, 0.717) is 5.75 Å².